The van der Waals surface area contributed by atoms with E-state index in [9.17, 15) is 4.79 Å². The molecule has 0 aliphatic heterocycles. The van der Waals surface area contributed by atoms with Gasteiger partial charge in [-0.3, -0.25) is 4.79 Å². The fourth-order valence-corrected chi connectivity index (χ4v) is 2.90. The average Bonchev–Trinajstić information content (AvgIpc) is 2.98. The van der Waals surface area contributed by atoms with Crippen LogP contribution in [0.15, 0.2) is 48.8 Å². The van der Waals surface area contributed by atoms with Crippen molar-refractivity contribution in [1.29, 1.82) is 0 Å². The standard InChI is InChI=1S/C19H20N2O2/c1-13(12-21-11-10-20-14(21)2)19(22)17-8-9-18(23-3)16-7-5-4-6-15(16)17/h4-11,13H,12H2,1-3H3. The minimum Gasteiger partial charge on any atom is -0.496 e. The molecule has 3 rings (SSSR count). The summed E-state index contributed by atoms with van der Waals surface area (Å²) in [5.41, 5.74) is 0.742. The molecule has 4 nitrogen and oxygen atoms in total. The summed E-state index contributed by atoms with van der Waals surface area (Å²) in [6, 6.07) is 11.6. The quantitative estimate of drug-likeness (QED) is 0.672. The molecule has 4 heteroatoms. The van der Waals surface area contributed by atoms with Crippen molar-refractivity contribution in [3.8, 4) is 5.75 Å². The largest absolute Gasteiger partial charge is 0.496 e. The molecular formula is C19H20N2O2. The van der Waals surface area contributed by atoms with Crippen molar-refractivity contribution in [2.75, 3.05) is 7.11 Å². The minimum absolute atomic E-state index is 0.125. The molecule has 0 bridgehead atoms. The fourth-order valence-electron chi connectivity index (χ4n) is 2.90. The Morgan fingerprint density at radius 1 is 1.22 bits per heavy atom. The second-order valence-electron chi connectivity index (χ2n) is 5.75. The van der Waals surface area contributed by atoms with Crippen LogP contribution in [0.1, 0.15) is 23.1 Å². The van der Waals surface area contributed by atoms with Crippen molar-refractivity contribution in [3.05, 3.63) is 60.2 Å². The lowest BCUT2D eigenvalue weighted by Gasteiger charge is -2.15. The lowest BCUT2D eigenvalue weighted by Crippen LogP contribution is -2.18. The number of fused-ring (bicyclic) bond motifs is 1. The van der Waals surface area contributed by atoms with Crippen LogP contribution < -0.4 is 4.74 Å². The molecule has 0 radical (unpaired) electrons. The number of methoxy groups -OCH3 is 1. The van der Waals surface area contributed by atoms with Crippen LogP contribution in [-0.4, -0.2) is 22.4 Å². The maximum Gasteiger partial charge on any atom is 0.168 e. The van der Waals surface area contributed by atoms with E-state index in [1.165, 1.54) is 0 Å². The van der Waals surface area contributed by atoms with E-state index in [0.29, 0.717) is 6.54 Å². The Bertz CT molecular complexity index is 851. The third kappa shape index (κ3) is 2.84. The first-order valence-corrected chi connectivity index (χ1v) is 7.69. The molecule has 0 spiro atoms. The van der Waals surface area contributed by atoms with Gasteiger partial charge in [0.1, 0.15) is 11.6 Å². The number of nitrogens with zero attached hydrogens (tertiary/aromatic N) is 2. The number of rotatable bonds is 5. The molecule has 2 aromatic carbocycles. The smallest absolute Gasteiger partial charge is 0.168 e. The van der Waals surface area contributed by atoms with Crippen molar-refractivity contribution < 1.29 is 9.53 Å². The Morgan fingerprint density at radius 2 is 1.96 bits per heavy atom. The van der Waals surface area contributed by atoms with Crippen LogP contribution in [0.5, 0.6) is 5.75 Å². The molecule has 0 N–H and O–H groups in total. The number of aryl methyl sites for hydroxylation is 1. The summed E-state index contributed by atoms with van der Waals surface area (Å²) in [7, 11) is 1.65. The third-order valence-electron chi connectivity index (χ3n) is 4.21. The number of ether oxygens (including phenoxy) is 1. The molecule has 23 heavy (non-hydrogen) atoms. The number of hydrogen-bond donors (Lipinski definition) is 0. The van der Waals surface area contributed by atoms with E-state index in [4.69, 9.17) is 4.74 Å². The van der Waals surface area contributed by atoms with Crippen molar-refractivity contribution in [2.24, 2.45) is 5.92 Å². The molecule has 0 fully saturated rings. The highest BCUT2D eigenvalue weighted by Crippen LogP contribution is 2.29. The summed E-state index contributed by atoms with van der Waals surface area (Å²) in [5.74, 6) is 1.72. The normalized spacial score (nSPS) is 12.3. The highest BCUT2D eigenvalue weighted by Gasteiger charge is 2.19. The summed E-state index contributed by atoms with van der Waals surface area (Å²) in [6.45, 7) is 4.53. The maximum absolute atomic E-state index is 12.9. The van der Waals surface area contributed by atoms with Gasteiger partial charge in [0.05, 0.1) is 7.11 Å². The summed E-state index contributed by atoms with van der Waals surface area (Å²) in [4.78, 5) is 17.1. The van der Waals surface area contributed by atoms with E-state index in [-0.39, 0.29) is 11.7 Å². The van der Waals surface area contributed by atoms with Crippen LogP contribution in [0.3, 0.4) is 0 Å². The molecule has 3 aromatic rings. The first-order valence-electron chi connectivity index (χ1n) is 7.69. The summed E-state index contributed by atoms with van der Waals surface area (Å²) < 4.78 is 7.41. The highest BCUT2D eigenvalue weighted by atomic mass is 16.5. The van der Waals surface area contributed by atoms with E-state index in [2.05, 4.69) is 4.98 Å². The van der Waals surface area contributed by atoms with E-state index in [1.54, 1.807) is 13.3 Å². The van der Waals surface area contributed by atoms with Crippen LogP contribution >= 0.6 is 0 Å². The van der Waals surface area contributed by atoms with Gasteiger partial charge in [0.2, 0.25) is 0 Å². The van der Waals surface area contributed by atoms with Gasteiger partial charge < -0.3 is 9.30 Å². The second kappa shape index (κ2) is 6.24. The lowest BCUT2D eigenvalue weighted by atomic mass is 9.94. The Kier molecular flexibility index (Phi) is 4.15. The van der Waals surface area contributed by atoms with Crippen LogP contribution in [0.25, 0.3) is 10.8 Å². The second-order valence-corrected chi connectivity index (χ2v) is 5.75. The zero-order chi connectivity index (χ0) is 16.4. The molecular weight excluding hydrogens is 288 g/mol. The van der Waals surface area contributed by atoms with Crippen LogP contribution in [0.2, 0.25) is 0 Å². The van der Waals surface area contributed by atoms with Gasteiger partial charge in [-0.2, -0.15) is 0 Å². The van der Waals surface area contributed by atoms with E-state index >= 15 is 0 Å². The van der Waals surface area contributed by atoms with Gasteiger partial charge in [-0.25, -0.2) is 4.98 Å². The molecule has 1 atom stereocenters. The SMILES string of the molecule is COc1ccc(C(=O)C(C)Cn2ccnc2C)c2ccccc12. The fraction of sp³-hybridized carbons (Fsp3) is 0.263. The summed E-state index contributed by atoms with van der Waals surface area (Å²) in [6.07, 6.45) is 3.67. The molecule has 0 aliphatic rings. The zero-order valence-electron chi connectivity index (χ0n) is 13.6. The molecule has 118 valence electrons. The van der Waals surface area contributed by atoms with Gasteiger partial charge in [-0.15, -0.1) is 0 Å². The van der Waals surface area contributed by atoms with Gasteiger partial charge in [0, 0.05) is 35.8 Å². The van der Waals surface area contributed by atoms with Crippen molar-refractivity contribution in [1.82, 2.24) is 9.55 Å². The highest BCUT2D eigenvalue weighted by molar-refractivity contribution is 6.10. The number of benzene rings is 2. The topological polar surface area (TPSA) is 44.1 Å². The Balaban J connectivity index is 1.96. The molecule has 0 aliphatic carbocycles. The molecule has 0 saturated carbocycles. The molecule has 1 heterocycles. The number of carbonyl (C=O) groups is 1. The van der Waals surface area contributed by atoms with Gasteiger partial charge in [0.25, 0.3) is 0 Å². The molecule has 1 unspecified atom stereocenters. The minimum atomic E-state index is -0.125. The maximum atomic E-state index is 12.9. The third-order valence-corrected chi connectivity index (χ3v) is 4.21. The molecule has 0 amide bonds. The lowest BCUT2D eigenvalue weighted by molar-refractivity contribution is 0.0919. The van der Waals surface area contributed by atoms with Crippen LogP contribution in [0.4, 0.5) is 0 Å². The number of aromatic nitrogens is 2. The van der Waals surface area contributed by atoms with Gasteiger partial charge in [-0.1, -0.05) is 31.2 Å². The first-order chi connectivity index (χ1) is 11.1. The Morgan fingerprint density at radius 3 is 2.61 bits per heavy atom. The van der Waals surface area contributed by atoms with Crippen molar-refractivity contribution in [2.45, 2.75) is 20.4 Å². The number of carbonyl (C=O) groups excluding carboxylic acids is 1. The van der Waals surface area contributed by atoms with E-state index in [0.717, 1.165) is 27.9 Å². The average molecular weight is 308 g/mol. The van der Waals surface area contributed by atoms with Gasteiger partial charge in [-0.05, 0) is 24.4 Å². The predicted molar refractivity (Wildman–Crippen MR) is 91.0 cm³/mol. The van der Waals surface area contributed by atoms with Crippen molar-refractivity contribution >= 4 is 16.6 Å². The molecule has 1 aromatic heterocycles. The van der Waals surface area contributed by atoms with Crippen LogP contribution in [-0.2, 0) is 6.54 Å². The van der Waals surface area contributed by atoms with E-state index < -0.39 is 0 Å². The summed E-state index contributed by atoms with van der Waals surface area (Å²) in [5, 5.41) is 1.90. The van der Waals surface area contributed by atoms with Crippen molar-refractivity contribution in [3.63, 3.8) is 0 Å². The first kappa shape index (κ1) is 15.3. The summed E-state index contributed by atoms with van der Waals surface area (Å²) >= 11 is 0. The van der Waals surface area contributed by atoms with Gasteiger partial charge in [0.15, 0.2) is 5.78 Å². The van der Waals surface area contributed by atoms with Crippen LogP contribution in [0, 0.1) is 12.8 Å². The molecule has 0 saturated heterocycles. The predicted octanol–water partition coefficient (Wildman–Crippen LogP) is 3.87. The van der Waals surface area contributed by atoms with E-state index in [1.807, 2.05) is 61.0 Å². The number of imidazole rings is 1. The Hall–Kier alpha value is -2.62. The number of hydrogen-bond acceptors (Lipinski definition) is 3. The van der Waals surface area contributed by atoms with Gasteiger partial charge >= 0.3 is 0 Å². The number of Topliss-reactive ketones (excluding diaryl/α,β-unsaturated/α-hetero) is 1. The monoisotopic (exact) mass is 308 g/mol. The Labute approximate surface area is 135 Å². The zero-order valence-corrected chi connectivity index (χ0v) is 13.6. The number of ketones is 1.